The maximum absolute atomic E-state index is 10.4. The first kappa shape index (κ1) is 16.8. The molecule has 0 N–H and O–H groups in total. The van der Waals surface area contributed by atoms with Crippen molar-refractivity contribution < 1.29 is 18.2 Å². The smallest absolute Gasteiger partial charge is 0.374 e. The van der Waals surface area contributed by atoms with Crippen molar-refractivity contribution in [2.24, 2.45) is 0 Å². The van der Waals surface area contributed by atoms with E-state index in [2.05, 4.69) is 0 Å². The molecule has 0 fully saturated rings. The van der Waals surface area contributed by atoms with E-state index < -0.39 is 13.7 Å². The van der Waals surface area contributed by atoms with Gasteiger partial charge in [0.2, 0.25) is 6.54 Å². The first-order valence-corrected chi connectivity index (χ1v) is 8.62. The summed E-state index contributed by atoms with van der Waals surface area (Å²) in [6.07, 6.45) is 0. The highest BCUT2D eigenvalue weighted by Crippen LogP contribution is 2.17. The molecule has 7 heteroatoms. The van der Waals surface area contributed by atoms with Crippen LogP contribution in [0.1, 0.15) is 19.4 Å². The molecule has 0 saturated carbocycles. The Hall–Kier alpha value is -1.28. The third-order valence-electron chi connectivity index (χ3n) is 2.59. The van der Waals surface area contributed by atoms with E-state index in [0.717, 1.165) is 5.56 Å². The Bertz CT molecular complexity index is 395. The molecule has 1 aromatic carbocycles. The summed E-state index contributed by atoms with van der Waals surface area (Å²) in [4.78, 5) is 10.0. The van der Waals surface area contributed by atoms with Crippen LogP contribution in [-0.2, 0) is 19.3 Å². The molecule has 0 spiro atoms. The quantitative estimate of drug-likeness (QED) is 0.376. The monoisotopic (exact) mass is 299 g/mol. The second-order valence-corrected chi connectivity index (χ2v) is 6.70. The molecule has 0 aromatic heterocycles. The van der Waals surface area contributed by atoms with Crippen LogP contribution >= 0.6 is 0 Å². The molecule has 0 aliphatic rings. The maximum Gasteiger partial charge on any atom is 0.505 e. The Balaban J connectivity index is 2.77. The lowest BCUT2D eigenvalue weighted by molar-refractivity contribution is -0.482. The highest BCUT2D eigenvalue weighted by Gasteiger charge is 2.41. The average molecular weight is 299 g/mol. The van der Waals surface area contributed by atoms with E-state index >= 15 is 0 Å². The van der Waals surface area contributed by atoms with Gasteiger partial charge in [-0.1, -0.05) is 30.3 Å². The summed E-state index contributed by atoms with van der Waals surface area (Å²) in [7, 11) is -2.91. The Kier molecular flexibility index (Phi) is 7.38. The van der Waals surface area contributed by atoms with Crippen LogP contribution in [0.25, 0.3) is 0 Å². The van der Waals surface area contributed by atoms with Crippen LogP contribution in [0.3, 0.4) is 0 Å². The highest BCUT2D eigenvalue weighted by atomic mass is 28.4. The van der Waals surface area contributed by atoms with Crippen molar-refractivity contribution >= 4 is 8.80 Å². The third kappa shape index (κ3) is 5.79. The van der Waals surface area contributed by atoms with Crippen molar-refractivity contribution in [3.8, 4) is 0 Å². The van der Waals surface area contributed by atoms with Crippen LogP contribution in [0, 0.1) is 10.1 Å². The Morgan fingerprint density at radius 1 is 1.10 bits per heavy atom. The second kappa shape index (κ2) is 8.80. The van der Waals surface area contributed by atoms with Gasteiger partial charge in [-0.3, -0.25) is 10.1 Å². The third-order valence-corrected chi connectivity index (χ3v) is 5.53. The molecule has 112 valence electrons. The maximum atomic E-state index is 10.4. The minimum absolute atomic E-state index is 0.00601. The van der Waals surface area contributed by atoms with Gasteiger partial charge in [0.15, 0.2) is 0 Å². The standard InChI is InChI=1S/C13H21NO5Si/c1-3-17-20(18-4-2,19-11-10-14(15)16)12-13-8-6-5-7-9-13/h5-9H,3-4,10-12H2,1-2H3. The molecule has 0 bridgehead atoms. The molecule has 6 nitrogen and oxygen atoms in total. The first-order chi connectivity index (χ1) is 9.62. The summed E-state index contributed by atoms with van der Waals surface area (Å²) < 4.78 is 17.1. The Morgan fingerprint density at radius 3 is 2.20 bits per heavy atom. The number of nitrogens with zero attached hydrogens (tertiary/aromatic N) is 1. The van der Waals surface area contributed by atoms with Gasteiger partial charge in [-0.2, -0.15) is 0 Å². The van der Waals surface area contributed by atoms with E-state index in [4.69, 9.17) is 13.3 Å². The zero-order valence-corrected chi connectivity index (χ0v) is 12.9. The lowest BCUT2D eigenvalue weighted by atomic mass is 10.2. The summed E-state index contributed by atoms with van der Waals surface area (Å²) in [5, 5.41) is 10.4. The zero-order chi connectivity index (χ0) is 14.8. The molecule has 0 radical (unpaired) electrons. The molecular formula is C13H21NO5Si. The first-order valence-electron chi connectivity index (χ1n) is 6.69. The van der Waals surface area contributed by atoms with E-state index in [1.54, 1.807) is 0 Å². The summed E-state index contributed by atoms with van der Waals surface area (Å²) in [5.41, 5.74) is 1.04. The predicted molar refractivity (Wildman–Crippen MR) is 77.0 cm³/mol. The van der Waals surface area contributed by atoms with Crippen LogP contribution in [0.15, 0.2) is 30.3 Å². The van der Waals surface area contributed by atoms with E-state index in [1.807, 2.05) is 44.2 Å². The zero-order valence-electron chi connectivity index (χ0n) is 11.9. The van der Waals surface area contributed by atoms with Gasteiger partial charge in [-0.25, -0.2) is 0 Å². The molecule has 0 amide bonds. The van der Waals surface area contributed by atoms with Crippen molar-refractivity contribution in [3.63, 3.8) is 0 Å². The molecule has 0 atom stereocenters. The minimum Gasteiger partial charge on any atom is -0.374 e. The molecule has 0 saturated heterocycles. The predicted octanol–water partition coefficient (Wildman–Crippen LogP) is 2.07. The van der Waals surface area contributed by atoms with E-state index in [9.17, 15) is 10.1 Å². The molecular weight excluding hydrogens is 278 g/mol. The van der Waals surface area contributed by atoms with E-state index in [-0.39, 0.29) is 13.2 Å². The fourth-order valence-electron chi connectivity index (χ4n) is 1.84. The van der Waals surface area contributed by atoms with Crippen LogP contribution in [0.5, 0.6) is 0 Å². The Morgan fingerprint density at radius 2 is 1.70 bits per heavy atom. The second-order valence-electron chi connectivity index (χ2n) is 4.12. The summed E-state index contributed by atoms with van der Waals surface area (Å²) >= 11 is 0. The summed E-state index contributed by atoms with van der Waals surface area (Å²) in [5.74, 6) is 0. The van der Waals surface area contributed by atoms with Gasteiger partial charge >= 0.3 is 8.80 Å². The number of nitro groups is 1. The van der Waals surface area contributed by atoms with Crippen LogP contribution in [0.2, 0.25) is 0 Å². The molecule has 0 unspecified atom stereocenters. The fraction of sp³-hybridized carbons (Fsp3) is 0.538. The number of hydrogen-bond acceptors (Lipinski definition) is 5. The number of hydrogen-bond donors (Lipinski definition) is 0. The molecule has 0 aliphatic heterocycles. The van der Waals surface area contributed by atoms with Gasteiger partial charge in [0.1, 0.15) is 6.61 Å². The van der Waals surface area contributed by atoms with E-state index in [1.165, 1.54) is 0 Å². The van der Waals surface area contributed by atoms with Crippen LogP contribution < -0.4 is 0 Å². The molecule has 20 heavy (non-hydrogen) atoms. The highest BCUT2D eigenvalue weighted by molar-refractivity contribution is 6.60. The SMILES string of the molecule is CCO[Si](Cc1ccccc1)(OCC)OCC[N+](=O)[O-]. The average Bonchev–Trinajstić information content (AvgIpc) is 2.40. The van der Waals surface area contributed by atoms with Crippen molar-refractivity contribution in [1.82, 2.24) is 0 Å². The van der Waals surface area contributed by atoms with E-state index in [0.29, 0.717) is 19.3 Å². The van der Waals surface area contributed by atoms with Gasteiger partial charge in [-0.05, 0) is 19.4 Å². The molecule has 0 aliphatic carbocycles. The lowest BCUT2D eigenvalue weighted by Gasteiger charge is -2.28. The van der Waals surface area contributed by atoms with Gasteiger partial charge in [0, 0.05) is 24.2 Å². The summed E-state index contributed by atoms with van der Waals surface area (Å²) in [6, 6.07) is 10.3. The van der Waals surface area contributed by atoms with Crippen molar-refractivity contribution in [2.75, 3.05) is 26.4 Å². The van der Waals surface area contributed by atoms with Gasteiger partial charge in [0.05, 0.1) is 0 Å². The van der Waals surface area contributed by atoms with Crippen molar-refractivity contribution in [1.29, 1.82) is 0 Å². The molecule has 1 aromatic rings. The van der Waals surface area contributed by atoms with Crippen LogP contribution in [-0.4, -0.2) is 40.1 Å². The van der Waals surface area contributed by atoms with Gasteiger partial charge < -0.3 is 13.3 Å². The van der Waals surface area contributed by atoms with Gasteiger partial charge in [0.25, 0.3) is 0 Å². The van der Waals surface area contributed by atoms with Crippen LogP contribution in [0.4, 0.5) is 0 Å². The number of rotatable bonds is 10. The summed E-state index contributed by atoms with van der Waals surface area (Å²) in [6.45, 7) is 4.40. The normalized spacial score (nSPS) is 11.5. The van der Waals surface area contributed by atoms with Crippen molar-refractivity contribution in [2.45, 2.75) is 19.9 Å². The molecule has 1 rings (SSSR count). The number of benzene rings is 1. The van der Waals surface area contributed by atoms with Gasteiger partial charge in [-0.15, -0.1) is 0 Å². The molecule has 0 heterocycles. The topological polar surface area (TPSA) is 70.8 Å². The Labute approximate surface area is 120 Å². The van der Waals surface area contributed by atoms with Crippen molar-refractivity contribution in [3.05, 3.63) is 46.0 Å². The fourth-order valence-corrected chi connectivity index (χ4v) is 4.41. The minimum atomic E-state index is -2.91. The largest absolute Gasteiger partial charge is 0.505 e. The lowest BCUT2D eigenvalue weighted by Crippen LogP contribution is -2.49.